The molecule has 1 aromatic heterocycles. The van der Waals surface area contributed by atoms with Crippen LogP contribution in [0.4, 0.5) is 0 Å². The second-order valence-corrected chi connectivity index (χ2v) is 5.20. The van der Waals surface area contributed by atoms with Crippen molar-refractivity contribution >= 4 is 33.7 Å². The van der Waals surface area contributed by atoms with Crippen LogP contribution in [0.25, 0.3) is 0 Å². The molecule has 1 heterocycles. The van der Waals surface area contributed by atoms with E-state index in [1.54, 1.807) is 12.1 Å². The van der Waals surface area contributed by atoms with Crippen molar-refractivity contribution in [3.63, 3.8) is 0 Å². The Morgan fingerprint density at radius 3 is 3.00 bits per heavy atom. The van der Waals surface area contributed by atoms with Crippen molar-refractivity contribution in [2.75, 3.05) is 7.11 Å². The van der Waals surface area contributed by atoms with Gasteiger partial charge in [-0.05, 0) is 17.7 Å². The van der Waals surface area contributed by atoms with E-state index in [2.05, 4.69) is 35.8 Å². The zero-order valence-corrected chi connectivity index (χ0v) is 11.9. The number of halogens is 1. The predicted molar refractivity (Wildman–Crippen MR) is 71.4 cm³/mol. The van der Waals surface area contributed by atoms with Gasteiger partial charge < -0.3 is 4.74 Å². The number of hydrogen-bond donors (Lipinski definition) is 1. The Kier molecular flexibility index (Phi) is 4.38. The molecule has 2 aromatic rings. The summed E-state index contributed by atoms with van der Waals surface area (Å²) in [6.07, 6.45) is 1.47. The van der Waals surface area contributed by atoms with E-state index in [1.807, 2.05) is 6.07 Å². The molecule has 0 aliphatic carbocycles. The van der Waals surface area contributed by atoms with Gasteiger partial charge in [-0.1, -0.05) is 33.8 Å². The molecule has 18 heavy (non-hydrogen) atoms. The minimum Gasteiger partial charge on any atom is -0.465 e. The first-order chi connectivity index (χ1) is 8.70. The molecule has 2 rings (SSSR count). The summed E-state index contributed by atoms with van der Waals surface area (Å²) in [5, 5.41) is 7.32. The molecule has 0 amide bonds. The van der Waals surface area contributed by atoms with E-state index in [1.165, 1.54) is 25.2 Å². The summed E-state index contributed by atoms with van der Waals surface area (Å²) in [4.78, 5) is 15.4. The summed E-state index contributed by atoms with van der Waals surface area (Å²) in [5.74, 6) is 0.391. The van der Waals surface area contributed by atoms with Gasteiger partial charge in [-0.15, -0.1) is 0 Å². The highest BCUT2D eigenvalue weighted by molar-refractivity contribution is 9.10. The van der Waals surface area contributed by atoms with E-state index in [9.17, 15) is 4.79 Å². The van der Waals surface area contributed by atoms with Gasteiger partial charge in [0.05, 0.1) is 12.7 Å². The molecule has 0 bridgehead atoms. The molecule has 0 aliphatic rings. The minimum atomic E-state index is -0.342. The van der Waals surface area contributed by atoms with Crippen molar-refractivity contribution in [3.8, 4) is 0 Å². The molecule has 94 valence electrons. The molecule has 0 saturated heterocycles. The number of nitrogens with zero attached hydrogens (tertiary/aromatic N) is 2. The first kappa shape index (κ1) is 13.1. The Balaban J connectivity index is 2.08. The van der Waals surface area contributed by atoms with Gasteiger partial charge in [0.15, 0.2) is 5.16 Å². The molecule has 5 nitrogen and oxygen atoms in total. The highest BCUT2D eigenvalue weighted by Gasteiger charge is 2.09. The maximum absolute atomic E-state index is 11.4. The molecular weight excluding hydrogens is 318 g/mol. The summed E-state index contributed by atoms with van der Waals surface area (Å²) >= 11 is 4.98. The van der Waals surface area contributed by atoms with Crippen molar-refractivity contribution in [1.82, 2.24) is 15.2 Å². The molecule has 0 fully saturated rings. The van der Waals surface area contributed by atoms with E-state index in [0.717, 1.165) is 20.9 Å². The lowest BCUT2D eigenvalue weighted by atomic mass is 10.1. The molecule has 0 radical (unpaired) electrons. The monoisotopic (exact) mass is 327 g/mol. The quantitative estimate of drug-likeness (QED) is 0.690. The molecular formula is C11H10BrN3O2S. The van der Waals surface area contributed by atoms with Crippen molar-refractivity contribution in [3.05, 3.63) is 40.1 Å². The smallest absolute Gasteiger partial charge is 0.337 e. The second-order valence-electron chi connectivity index (χ2n) is 3.38. The van der Waals surface area contributed by atoms with Crippen LogP contribution in [0, 0.1) is 0 Å². The molecule has 0 aliphatic heterocycles. The number of thioether (sulfide) groups is 1. The Bertz CT molecular complexity index is 545. The average Bonchev–Trinajstić information content (AvgIpc) is 2.89. The van der Waals surface area contributed by atoms with Gasteiger partial charge in [0.2, 0.25) is 0 Å². The van der Waals surface area contributed by atoms with E-state index in [-0.39, 0.29) is 5.97 Å². The molecule has 1 aromatic carbocycles. The van der Waals surface area contributed by atoms with Crippen LogP contribution in [0.5, 0.6) is 0 Å². The van der Waals surface area contributed by atoms with Gasteiger partial charge in [0.1, 0.15) is 6.33 Å². The minimum absolute atomic E-state index is 0.342. The van der Waals surface area contributed by atoms with Crippen molar-refractivity contribution in [2.24, 2.45) is 0 Å². The van der Waals surface area contributed by atoms with Crippen LogP contribution in [0.3, 0.4) is 0 Å². The number of carbonyl (C=O) groups excluding carboxylic acids is 1. The molecule has 0 spiro atoms. The van der Waals surface area contributed by atoms with Crippen molar-refractivity contribution in [2.45, 2.75) is 10.9 Å². The molecule has 0 unspecified atom stereocenters. The number of hydrogen-bond acceptors (Lipinski definition) is 5. The second kappa shape index (κ2) is 6.01. The zero-order valence-electron chi connectivity index (χ0n) is 9.51. The third kappa shape index (κ3) is 3.11. The number of aromatic nitrogens is 3. The predicted octanol–water partition coefficient (Wildman–Crippen LogP) is 2.65. The first-order valence-electron chi connectivity index (χ1n) is 5.05. The summed E-state index contributed by atoms with van der Waals surface area (Å²) in [7, 11) is 1.36. The fourth-order valence-electron chi connectivity index (χ4n) is 1.32. The summed E-state index contributed by atoms with van der Waals surface area (Å²) in [6, 6.07) is 5.38. The van der Waals surface area contributed by atoms with Crippen LogP contribution >= 0.6 is 27.7 Å². The third-order valence-corrected chi connectivity index (χ3v) is 3.90. The van der Waals surface area contributed by atoms with Gasteiger partial charge >= 0.3 is 5.97 Å². The molecule has 0 saturated carbocycles. The average molecular weight is 328 g/mol. The highest BCUT2D eigenvalue weighted by Crippen LogP contribution is 2.25. The van der Waals surface area contributed by atoms with Crippen molar-refractivity contribution < 1.29 is 9.53 Å². The SMILES string of the molecule is COC(=O)c1ccc(CSc2ncn[nH]2)c(Br)c1. The van der Waals surface area contributed by atoms with Crippen LogP contribution in [-0.2, 0) is 10.5 Å². The maximum Gasteiger partial charge on any atom is 0.337 e. The number of rotatable bonds is 4. The lowest BCUT2D eigenvalue weighted by Gasteiger charge is -2.05. The Morgan fingerprint density at radius 1 is 1.56 bits per heavy atom. The lowest BCUT2D eigenvalue weighted by molar-refractivity contribution is 0.0600. The van der Waals surface area contributed by atoms with Gasteiger partial charge in [0.25, 0.3) is 0 Å². The highest BCUT2D eigenvalue weighted by atomic mass is 79.9. The lowest BCUT2D eigenvalue weighted by Crippen LogP contribution is -2.01. The van der Waals surface area contributed by atoms with E-state index in [0.29, 0.717) is 5.56 Å². The van der Waals surface area contributed by atoms with E-state index < -0.39 is 0 Å². The van der Waals surface area contributed by atoms with E-state index in [4.69, 9.17) is 0 Å². The van der Waals surface area contributed by atoms with Gasteiger partial charge in [0, 0.05) is 10.2 Å². The Morgan fingerprint density at radius 2 is 2.39 bits per heavy atom. The van der Waals surface area contributed by atoms with Gasteiger partial charge in [-0.3, -0.25) is 5.10 Å². The van der Waals surface area contributed by atoms with E-state index >= 15 is 0 Å². The maximum atomic E-state index is 11.4. The summed E-state index contributed by atoms with van der Waals surface area (Å²) < 4.78 is 5.53. The Hall–Kier alpha value is -1.34. The number of H-pyrrole nitrogens is 1. The number of esters is 1. The number of benzene rings is 1. The largest absolute Gasteiger partial charge is 0.465 e. The van der Waals surface area contributed by atoms with Crippen LogP contribution in [-0.4, -0.2) is 28.3 Å². The van der Waals surface area contributed by atoms with Crippen LogP contribution in [0.15, 0.2) is 34.2 Å². The number of methoxy groups -OCH3 is 1. The fraction of sp³-hybridized carbons (Fsp3) is 0.182. The topological polar surface area (TPSA) is 67.9 Å². The molecule has 0 atom stereocenters. The number of ether oxygens (including phenoxy) is 1. The summed E-state index contributed by atoms with van der Waals surface area (Å²) in [6.45, 7) is 0. The van der Waals surface area contributed by atoms with Gasteiger partial charge in [-0.25, -0.2) is 9.78 Å². The Labute approximate surface area is 116 Å². The van der Waals surface area contributed by atoms with Crippen LogP contribution in [0.2, 0.25) is 0 Å². The van der Waals surface area contributed by atoms with Gasteiger partial charge in [-0.2, -0.15) is 5.10 Å². The zero-order chi connectivity index (χ0) is 13.0. The standard InChI is InChI=1S/C11H10BrN3O2S/c1-17-10(16)7-2-3-8(9(12)4-7)5-18-11-13-6-14-15-11/h2-4,6H,5H2,1H3,(H,13,14,15). The van der Waals surface area contributed by atoms with Crippen LogP contribution in [0.1, 0.15) is 15.9 Å². The summed E-state index contributed by atoms with van der Waals surface area (Å²) in [5.41, 5.74) is 1.60. The number of carbonyl (C=O) groups is 1. The van der Waals surface area contributed by atoms with Crippen LogP contribution < -0.4 is 0 Å². The van der Waals surface area contributed by atoms with Crippen molar-refractivity contribution in [1.29, 1.82) is 0 Å². The molecule has 1 N–H and O–H groups in total. The molecule has 7 heteroatoms. The number of nitrogens with one attached hydrogen (secondary N) is 1. The fourth-order valence-corrected chi connectivity index (χ4v) is 2.81. The number of aromatic amines is 1. The normalized spacial score (nSPS) is 10.3. The third-order valence-electron chi connectivity index (χ3n) is 2.23. The first-order valence-corrected chi connectivity index (χ1v) is 6.83.